The molecule has 2 heterocycles. The number of rotatable bonds is 10. The largest absolute Gasteiger partial charge is 0.484 e. The first-order valence-electron chi connectivity index (χ1n) is 11.4. The van der Waals surface area contributed by atoms with Gasteiger partial charge in [-0.1, -0.05) is 26.8 Å². The number of ether oxygens (including phenoxy) is 1. The van der Waals surface area contributed by atoms with Crippen molar-refractivity contribution < 1.29 is 17.9 Å². The fraction of sp³-hybridized carbons (Fsp3) is 0.542. The normalized spacial score (nSPS) is 16.5. The number of likely N-dealkylation sites (tertiary alicyclic amines) is 1. The lowest BCUT2D eigenvalue weighted by molar-refractivity contribution is -0.123. The molecule has 0 radical (unpaired) electrons. The third-order valence-electron chi connectivity index (χ3n) is 6.25. The Kier molecular flexibility index (Phi) is 8.78. The van der Waals surface area contributed by atoms with Gasteiger partial charge in [0.05, 0.1) is 5.69 Å². The molecule has 9 heteroatoms. The van der Waals surface area contributed by atoms with Gasteiger partial charge in [-0.2, -0.15) is 0 Å². The van der Waals surface area contributed by atoms with Gasteiger partial charge < -0.3 is 10.1 Å². The number of piperidine rings is 1. The Balaban J connectivity index is 1.49. The van der Waals surface area contributed by atoms with Crippen molar-refractivity contribution in [1.29, 1.82) is 0 Å². The van der Waals surface area contributed by atoms with Gasteiger partial charge in [0.15, 0.2) is 6.61 Å². The highest BCUT2D eigenvalue weighted by molar-refractivity contribution is 7.94. The van der Waals surface area contributed by atoms with E-state index in [1.54, 1.807) is 41.8 Å². The molecule has 1 amide bonds. The van der Waals surface area contributed by atoms with Crippen LogP contribution in [0.3, 0.4) is 0 Å². The number of amides is 1. The summed E-state index contributed by atoms with van der Waals surface area (Å²) in [6, 6.07) is 10.3. The van der Waals surface area contributed by atoms with Crippen LogP contribution in [0, 0.1) is 11.8 Å². The number of thiophene rings is 1. The minimum atomic E-state index is -3.58. The monoisotopic (exact) mass is 493 g/mol. The van der Waals surface area contributed by atoms with Crippen LogP contribution in [0.4, 0.5) is 5.69 Å². The van der Waals surface area contributed by atoms with Gasteiger partial charge in [0.25, 0.3) is 15.9 Å². The Labute approximate surface area is 201 Å². The van der Waals surface area contributed by atoms with Gasteiger partial charge in [0.2, 0.25) is 0 Å². The first-order valence-corrected chi connectivity index (χ1v) is 13.8. The van der Waals surface area contributed by atoms with E-state index in [4.69, 9.17) is 4.74 Å². The molecule has 1 aromatic heterocycles. The van der Waals surface area contributed by atoms with Gasteiger partial charge in [0, 0.05) is 19.6 Å². The number of nitrogens with zero attached hydrogens (tertiary/aromatic N) is 2. The number of nitrogens with one attached hydrogen (secondary N) is 1. The van der Waals surface area contributed by atoms with Crippen molar-refractivity contribution in [2.24, 2.45) is 11.8 Å². The van der Waals surface area contributed by atoms with E-state index in [1.165, 1.54) is 35.5 Å². The van der Waals surface area contributed by atoms with E-state index in [0.717, 1.165) is 19.0 Å². The fourth-order valence-electron chi connectivity index (χ4n) is 4.00. The zero-order chi connectivity index (χ0) is 24.0. The van der Waals surface area contributed by atoms with Crippen LogP contribution in [0.1, 0.15) is 33.6 Å². The molecule has 1 aromatic carbocycles. The van der Waals surface area contributed by atoms with E-state index < -0.39 is 10.0 Å². The molecular weight excluding hydrogens is 458 g/mol. The minimum absolute atomic E-state index is 0.0788. The number of carbonyl (C=O) groups excluding carboxylic acids is 1. The van der Waals surface area contributed by atoms with Crippen LogP contribution in [0.15, 0.2) is 46.0 Å². The van der Waals surface area contributed by atoms with E-state index >= 15 is 0 Å². The van der Waals surface area contributed by atoms with Crippen molar-refractivity contribution in [3.63, 3.8) is 0 Å². The highest BCUT2D eigenvalue weighted by Crippen LogP contribution is 2.26. The molecule has 1 aliphatic rings. The van der Waals surface area contributed by atoms with E-state index in [0.29, 0.717) is 34.2 Å². The predicted octanol–water partition coefficient (Wildman–Crippen LogP) is 3.82. The lowest BCUT2D eigenvalue weighted by atomic mass is 9.94. The maximum Gasteiger partial charge on any atom is 0.273 e. The maximum atomic E-state index is 12.6. The van der Waals surface area contributed by atoms with Crippen LogP contribution in [-0.2, 0) is 14.8 Å². The minimum Gasteiger partial charge on any atom is -0.484 e. The van der Waals surface area contributed by atoms with E-state index in [-0.39, 0.29) is 12.5 Å². The lowest BCUT2D eigenvalue weighted by Gasteiger charge is -2.38. The molecule has 7 nitrogen and oxygen atoms in total. The van der Waals surface area contributed by atoms with Gasteiger partial charge in [-0.3, -0.25) is 14.0 Å². The molecule has 182 valence electrons. The van der Waals surface area contributed by atoms with Gasteiger partial charge in [-0.05, 0) is 73.5 Å². The molecule has 0 aliphatic carbocycles. The van der Waals surface area contributed by atoms with Crippen molar-refractivity contribution in [1.82, 2.24) is 10.2 Å². The Bertz CT molecular complexity index is 983. The molecule has 33 heavy (non-hydrogen) atoms. The lowest BCUT2D eigenvalue weighted by Crippen LogP contribution is -2.50. The molecule has 1 unspecified atom stereocenters. The SMILES string of the molecule is CC1CCN(C(CNC(=O)COc2ccc(N(C)S(=O)(=O)c3cccs3)cc2)C(C)C)CC1. The highest BCUT2D eigenvalue weighted by atomic mass is 32.2. The van der Waals surface area contributed by atoms with Crippen LogP contribution in [0.25, 0.3) is 0 Å². The molecule has 3 rings (SSSR count). The standard InChI is InChI=1S/C24H35N3O4S2/c1-18(2)22(27-13-11-19(3)12-14-27)16-25-23(28)17-31-21-9-7-20(8-10-21)26(4)33(29,30)24-6-5-15-32-24/h5-10,15,18-19,22H,11-14,16-17H2,1-4H3,(H,25,28). The summed E-state index contributed by atoms with van der Waals surface area (Å²) in [6.45, 7) is 9.39. The fourth-order valence-corrected chi connectivity index (χ4v) is 6.36. The van der Waals surface area contributed by atoms with E-state index in [9.17, 15) is 13.2 Å². The molecule has 2 aromatic rings. The quantitative estimate of drug-likeness (QED) is 0.544. The summed E-state index contributed by atoms with van der Waals surface area (Å²) >= 11 is 1.18. The van der Waals surface area contributed by atoms with Crippen molar-refractivity contribution >= 4 is 33.0 Å². The number of sulfonamides is 1. The van der Waals surface area contributed by atoms with Gasteiger partial charge in [-0.25, -0.2) is 8.42 Å². The smallest absolute Gasteiger partial charge is 0.273 e. The maximum absolute atomic E-state index is 12.6. The molecule has 1 atom stereocenters. The number of carbonyl (C=O) groups is 1. The highest BCUT2D eigenvalue weighted by Gasteiger charge is 2.26. The number of benzene rings is 1. The first-order chi connectivity index (χ1) is 15.7. The van der Waals surface area contributed by atoms with Crippen molar-refractivity contribution in [2.75, 3.05) is 37.6 Å². The summed E-state index contributed by atoms with van der Waals surface area (Å²) in [5.41, 5.74) is 0.524. The van der Waals surface area contributed by atoms with Gasteiger partial charge in [-0.15, -0.1) is 11.3 Å². The molecule has 0 bridgehead atoms. The number of anilines is 1. The predicted molar refractivity (Wildman–Crippen MR) is 133 cm³/mol. The molecule has 0 spiro atoms. The third-order valence-corrected chi connectivity index (χ3v) is 9.40. The number of hydrogen-bond donors (Lipinski definition) is 1. The molecule has 0 saturated carbocycles. The summed E-state index contributed by atoms with van der Waals surface area (Å²) < 4.78 is 32.4. The summed E-state index contributed by atoms with van der Waals surface area (Å²) in [7, 11) is -2.06. The molecule has 1 aliphatic heterocycles. The third kappa shape index (κ3) is 6.71. The Morgan fingerprint density at radius 3 is 2.45 bits per heavy atom. The van der Waals surface area contributed by atoms with Crippen LogP contribution in [0.5, 0.6) is 5.75 Å². The van der Waals surface area contributed by atoms with Crippen molar-refractivity contribution in [2.45, 2.75) is 43.9 Å². The van der Waals surface area contributed by atoms with E-state index in [2.05, 4.69) is 31.0 Å². The Hall–Kier alpha value is -2.10. The summed E-state index contributed by atoms with van der Waals surface area (Å²) in [5.74, 6) is 1.59. The van der Waals surface area contributed by atoms with Crippen molar-refractivity contribution in [3.8, 4) is 5.75 Å². The molecule has 1 N–H and O–H groups in total. The van der Waals surface area contributed by atoms with Crippen LogP contribution in [0.2, 0.25) is 0 Å². The summed E-state index contributed by atoms with van der Waals surface area (Å²) in [6.07, 6.45) is 2.42. The van der Waals surface area contributed by atoms with Gasteiger partial charge in [0.1, 0.15) is 9.96 Å². The number of hydrogen-bond acceptors (Lipinski definition) is 6. The van der Waals surface area contributed by atoms with E-state index in [1.807, 2.05) is 0 Å². The summed E-state index contributed by atoms with van der Waals surface area (Å²) in [5, 5.41) is 4.75. The zero-order valence-electron chi connectivity index (χ0n) is 19.9. The van der Waals surface area contributed by atoms with Crippen LogP contribution < -0.4 is 14.4 Å². The summed E-state index contributed by atoms with van der Waals surface area (Å²) in [4.78, 5) is 14.9. The van der Waals surface area contributed by atoms with Gasteiger partial charge >= 0.3 is 0 Å². The second-order valence-corrected chi connectivity index (χ2v) is 12.2. The molecule has 1 saturated heterocycles. The average Bonchev–Trinajstić information content (AvgIpc) is 3.34. The van der Waals surface area contributed by atoms with Crippen LogP contribution in [-0.4, -0.2) is 58.6 Å². The molecular formula is C24H35N3O4S2. The Morgan fingerprint density at radius 1 is 1.21 bits per heavy atom. The topological polar surface area (TPSA) is 79.0 Å². The van der Waals surface area contributed by atoms with Crippen molar-refractivity contribution in [3.05, 3.63) is 41.8 Å². The first kappa shape index (κ1) is 25.5. The Morgan fingerprint density at radius 2 is 1.88 bits per heavy atom. The van der Waals surface area contributed by atoms with Crippen LogP contribution >= 0.6 is 11.3 Å². The molecule has 1 fully saturated rings. The second kappa shape index (κ2) is 11.4. The second-order valence-electron chi connectivity index (χ2n) is 9.02. The average molecular weight is 494 g/mol. The zero-order valence-corrected chi connectivity index (χ0v) is 21.5.